The number of nitrogens with one attached hydrogen (secondary N) is 1. The number of aliphatic hydroxyl groups excluding tert-OH is 1. The van der Waals surface area contributed by atoms with Crippen LogP contribution in [0.15, 0.2) is 22.7 Å². The van der Waals surface area contributed by atoms with Crippen LogP contribution in [0.1, 0.15) is 12.8 Å². The molecule has 0 atom stereocenters. The minimum atomic E-state index is -0.420. The second kappa shape index (κ2) is 5.01. The van der Waals surface area contributed by atoms with Crippen LogP contribution in [-0.4, -0.2) is 22.7 Å². The molecule has 5 nitrogen and oxygen atoms in total. The largest absolute Gasteiger partial charge is 0.393 e. The van der Waals surface area contributed by atoms with Crippen LogP contribution in [0, 0.1) is 16.0 Å². The van der Waals surface area contributed by atoms with Crippen molar-refractivity contribution in [1.82, 2.24) is 0 Å². The number of benzene rings is 1. The van der Waals surface area contributed by atoms with E-state index in [0.29, 0.717) is 10.4 Å². The van der Waals surface area contributed by atoms with Crippen LogP contribution in [0.5, 0.6) is 0 Å². The molecule has 0 amide bonds. The maximum atomic E-state index is 10.6. The third kappa shape index (κ3) is 2.95. The molecular formula is C11H13BrN2O3. The minimum Gasteiger partial charge on any atom is -0.393 e. The van der Waals surface area contributed by atoms with Crippen molar-refractivity contribution in [1.29, 1.82) is 0 Å². The monoisotopic (exact) mass is 300 g/mol. The Morgan fingerprint density at radius 3 is 2.76 bits per heavy atom. The maximum Gasteiger partial charge on any atom is 0.270 e. The molecule has 0 radical (unpaired) electrons. The van der Waals surface area contributed by atoms with Gasteiger partial charge in [0, 0.05) is 28.8 Å². The molecule has 0 bridgehead atoms. The molecule has 0 heterocycles. The molecule has 6 heteroatoms. The second-order valence-corrected chi connectivity index (χ2v) is 5.15. The summed E-state index contributed by atoms with van der Waals surface area (Å²) < 4.78 is 0.687. The van der Waals surface area contributed by atoms with E-state index in [-0.39, 0.29) is 11.8 Å². The molecule has 1 fully saturated rings. The highest BCUT2D eigenvalue weighted by Gasteiger charge is 2.26. The summed E-state index contributed by atoms with van der Waals surface area (Å²) in [5.41, 5.74) is 0.915. The van der Waals surface area contributed by atoms with Crippen molar-refractivity contribution in [2.45, 2.75) is 18.9 Å². The van der Waals surface area contributed by atoms with Gasteiger partial charge in [0.2, 0.25) is 0 Å². The number of anilines is 1. The number of non-ortho nitro benzene ring substituents is 1. The Balaban J connectivity index is 1.94. The highest BCUT2D eigenvalue weighted by molar-refractivity contribution is 9.10. The number of rotatable bonds is 4. The first-order valence-corrected chi connectivity index (χ1v) is 6.21. The van der Waals surface area contributed by atoms with Crippen molar-refractivity contribution in [3.05, 3.63) is 32.8 Å². The van der Waals surface area contributed by atoms with Crippen molar-refractivity contribution in [2.24, 2.45) is 5.92 Å². The Kier molecular flexibility index (Phi) is 3.63. The van der Waals surface area contributed by atoms with Gasteiger partial charge in [0.1, 0.15) is 0 Å². The lowest BCUT2D eigenvalue weighted by atomic mass is 9.82. The highest BCUT2D eigenvalue weighted by atomic mass is 79.9. The van der Waals surface area contributed by atoms with E-state index in [0.717, 1.165) is 25.1 Å². The molecule has 2 rings (SSSR count). The first-order valence-electron chi connectivity index (χ1n) is 5.42. The van der Waals surface area contributed by atoms with Gasteiger partial charge < -0.3 is 10.4 Å². The quantitative estimate of drug-likeness (QED) is 0.662. The van der Waals surface area contributed by atoms with Gasteiger partial charge in [-0.2, -0.15) is 0 Å². The summed E-state index contributed by atoms with van der Waals surface area (Å²) >= 11 is 3.30. The molecule has 1 saturated carbocycles. The van der Waals surface area contributed by atoms with Crippen LogP contribution in [0.2, 0.25) is 0 Å². The Labute approximate surface area is 107 Å². The molecule has 0 aliphatic heterocycles. The van der Waals surface area contributed by atoms with E-state index >= 15 is 0 Å². The molecule has 1 aromatic rings. The molecule has 17 heavy (non-hydrogen) atoms. The van der Waals surface area contributed by atoms with Gasteiger partial charge in [-0.1, -0.05) is 0 Å². The fourth-order valence-electron chi connectivity index (χ4n) is 1.88. The summed E-state index contributed by atoms with van der Waals surface area (Å²) in [7, 11) is 0. The van der Waals surface area contributed by atoms with E-state index in [9.17, 15) is 10.1 Å². The predicted octanol–water partition coefficient (Wildman–Crippen LogP) is 2.54. The average Bonchev–Trinajstić information content (AvgIpc) is 2.24. The Hall–Kier alpha value is -1.14. The number of hydrogen-bond acceptors (Lipinski definition) is 4. The normalized spacial score (nSPS) is 22.9. The van der Waals surface area contributed by atoms with Crippen LogP contribution < -0.4 is 5.32 Å². The number of halogens is 1. The average molecular weight is 301 g/mol. The number of hydrogen-bond donors (Lipinski definition) is 2. The smallest absolute Gasteiger partial charge is 0.270 e. The molecule has 1 aromatic carbocycles. The van der Waals surface area contributed by atoms with Crippen molar-refractivity contribution >= 4 is 27.3 Å². The summed E-state index contributed by atoms with van der Waals surface area (Å²) in [5, 5.41) is 22.9. The van der Waals surface area contributed by atoms with Gasteiger partial charge in [-0.25, -0.2) is 0 Å². The Morgan fingerprint density at radius 2 is 2.24 bits per heavy atom. The number of nitro groups is 1. The lowest BCUT2D eigenvalue weighted by Gasteiger charge is -2.31. The van der Waals surface area contributed by atoms with Crippen LogP contribution in [0.4, 0.5) is 11.4 Å². The summed E-state index contributed by atoms with van der Waals surface area (Å²) in [6, 6.07) is 4.65. The summed E-state index contributed by atoms with van der Waals surface area (Å²) in [5.74, 6) is 0.493. The van der Waals surface area contributed by atoms with Crippen LogP contribution in [-0.2, 0) is 0 Å². The fourth-order valence-corrected chi connectivity index (χ4v) is 2.39. The van der Waals surface area contributed by atoms with E-state index in [1.54, 1.807) is 6.07 Å². The van der Waals surface area contributed by atoms with Gasteiger partial charge in [0.25, 0.3) is 5.69 Å². The first kappa shape index (κ1) is 12.3. The first-order chi connectivity index (χ1) is 8.06. The van der Waals surface area contributed by atoms with E-state index in [4.69, 9.17) is 5.11 Å². The van der Waals surface area contributed by atoms with E-state index < -0.39 is 4.92 Å². The van der Waals surface area contributed by atoms with Crippen LogP contribution >= 0.6 is 15.9 Å². The molecule has 0 saturated heterocycles. The summed E-state index contributed by atoms with van der Waals surface area (Å²) in [6.45, 7) is 0.785. The van der Waals surface area contributed by atoms with Crippen molar-refractivity contribution in [2.75, 3.05) is 11.9 Å². The van der Waals surface area contributed by atoms with Crippen LogP contribution in [0.3, 0.4) is 0 Å². The standard InChI is InChI=1S/C11H13BrN2O3/c12-10-5-8(14(16)17)1-2-11(10)13-6-7-3-9(15)4-7/h1-2,5,7,9,13,15H,3-4,6H2. The second-order valence-electron chi connectivity index (χ2n) is 4.29. The zero-order valence-electron chi connectivity index (χ0n) is 9.10. The highest BCUT2D eigenvalue weighted by Crippen LogP contribution is 2.30. The number of nitrogens with zero attached hydrogens (tertiary/aromatic N) is 1. The third-order valence-corrected chi connectivity index (χ3v) is 3.61. The molecule has 0 unspecified atom stereocenters. The van der Waals surface area contributed by atoms with Gasteiger partial charge in [0.05, 0.1) is 11.0 Å². The SMILES string of the molecule is O=[N+]([O-])c1ccc(NCC2CC(O)C2)c(Br)c1. The van der Waals surface area contributed by atoms with E-state index in [2.05, 4.69) is 21.2 Å². The van der Waals surface area contributed by atoms with Gasteiger partial charge in [0.15, 0.2) is 0 Å². The lowest BCUT2D eigenvalue weighted by Crippen LogP contribution is -2.33. The molecule has 2 N–H and O–H groups in total. The van der Waals surface area contributed by atoms with Gasteiger partial charge in [-0.3, -0.25) is 10.1 Å². The van der Waals surface area contributed by atoms with Gasteiger partial charge in [-0.15, -0.1) is 0 Å². The maximum absolute atomic E-state index is 10.6. The topological polar surface area (TPSA) is 75.4 Å². The van der Waals surface area contributed by atoms with Crippen molar-refractivity contribution in [3.63, 3.8) is 0 Å². The summed E-state index contributed by atoms with van der Waals surface area (Å²) in [4.78, 5) is 10.1. The van der Waals surface area contributed by atoms with Crippen molar-refractivity contribution in [3.8, 4) is 0 Å². The number of nitro benzene ring substituents is 1. The van der Waals surface area contributed by atoms with Gasteiger partial charge >= 0.3 is 0 Å². The number of aliphatic hydroxyl groups is 1. The predicted molar refractivity (Wildman–Crippen MR) is 68.0 cm³/mol. The zero-order chi connectivity index (χ0) is 12.4. The Bertz CT molecular complexity index is 433. The van der Waals surface area contributed by atoms with Gasteiger partial charge in [-0.05, 0) is 40.8 Å². The molecule has 0 aromatic heterocycles. The summed E-state index contributed by atoms with van der Waals surface area (Å²) in [6.07, 6.45) is 1.51. The van der Waals surface area contributed by atoms with Crippen LogP contribution in [0.25, 0.3) is 0 Å². The Morgan fingerprint density at radius 1 is 1.53 bits per heavy atom. The van der Waals surface area contributed by atoms with Crippen molar-refractivity contribution < 1.29 is 10.0 Å². The van der Waals surface area contributed by atoms with E-state index in [1.807, 2.05) is 0 Å². The zero-order valence-corrected chi connectivity index (χ0v) is 10.7. The molecule has 1 aliphatic rings. The van der Waals surface area contributed by atoms with E-state index in [1.165, 1.54) is 12.1 Å². The molecule has 1 aliphatic carbocycles. The molecule has 0 spiro atoms. The minimum absolute atomic E-state index is 0.0708. The molecular weight excluding hydrogens is 288 g/mol. The third-order valence-electron chi connectivity index (χ3n) is 2.96. The fraction of sp³-hybridized carbons (Fsp3) is 0.455. The lowest BCUT2D eigenvalue weighted by molar-refractivity contribution is -0.384. The molecule has 92 valence electrons.